The number of hydrogen-bond donors (Lipinski definition) is 0. The van der Waals surface area contributed by atoms with Gasteiger partial charge in [-0.3, -0.25) is 14.6 Å². The Hall–Kier alpha value is -3.41. The molecule has 3 rings (SSSR count). The Morgan fingerprint density at radius 2 is 1.53 bits per heavy atom. The number of ether oxygens (including phenoxy) is 3. The van der Waals surface area contributed by atoms with Gasteiger partial charge in [-0.25, -0.2) is 0 Å². The van der Waals surface area contributed by atoms with Crippen LogP contribution in [-0.4, -0.2) is 38.8 Å². The van der Waals surface area contributed by atoms with Gasteiger partial charge in [-0.05, 0) is 60.4 Å². The lowest BCUT2D eigenvalue weighted by atomic mass is 9.88. The van der Waals surface area contributed by atoms with Crippen molar-refractivity contribution in [3.8, 4) is 11.5 Å². The zero-order valence-electron chi connectivity index (χ0n) is 17.4. The van der Waals surface area contributed by atoms with Gasteiger partial charge in [0.05, 0.1) is 33.5 Å². The maximum absolute atomic E-state index is 13.2. The lowest BCUT2D eigenvalue weighted by Crippen LogP contribution is -2.26. The second-order valence-corrected chi connectivity index (χ2v) is 6.97. The summed E-state index contributed by atoms with van der Waals surface area (Å²) in [5.41, 5.74) is 2.89. The molecule has 0 saturated carbocycles. The van der Waals surface area contributed by atoms with Crippen molar-refractivity contribution in [3.05, 3.63) is 65.9 Å². The highest BCUT2D eigenvalue weighted by atomic mass is 16.5. The van der Waals surface area contributed by atoms with Gasteiger partial charge in [0.25, 0.3) is 0 Å². The molecule has 1 atom stereocenters. The Morgan fingerprint density at radius 3 is 2.10 bits per heavy atom. The van der Waals surface area contributed by atoms with Crippen LogP contribution in [0.3, 0.4) is 0 Å². The van der Waals surface area contributed by atoms with E-state index in [-0.39, 0.29) is 24.1 Å². The molecule has 30 heavy (non-hydrogen) atoms. The van der Waals surface area contributed by atoms with Crippen LogP contribution in [0.5, 0.6) is 11.5 Å². The van der Waals surface area contributed by atoms with Gasteiger partial charge in [-0.1, -0.05) is 12.1 Å². The second kappa shape index (κ2) is 9.87. The van der Waals surface area contributed by atoms with E-state index < -0.39 is 0 Å². The van der Waals surface area contributed by atoms with Crippen LogP contribution in [0, 0.1) is 5.92 Å². The summed E-state index contributed by atoms with van der Waals surface area (Å²) >= 11 is 0. The van der Waals surface area contributed by atoms with Crippen molar-refractivity contribution in [2.45, 2.75) is 19.3 Å². The molecule has 0 radical (unpaired) electrons. The SMILES string of the molecule is COC(=O)CC1CCC(c2ccc(OC)cc2)=CN=C1C(=O)c1ccc(OC)cc1. The number of allylic oxidation sites excluding steroid dienone is 1. The number of carbonyl (C=O) groups excluding carboxylic acids is 2. The highest BCUT2D eigenvalue weighted by molar-refractivity contribution is 6.47. The molecule has 1 aliphatic rings. The number of aliphatic imine (C=N–C) groups is 1. The van der Waals surface area contributed by atoms with E-state index in [0.29, 0.717) is 29.9 Å². The number of Topliss-reactive ketones (excluding diaryl/α,β-unsaturated/α-hetero) is 1. The first-order chi connectivity index (χ1) is 14.5. The van der Waals surface area contributed by atoms with E-state index in [9.17, 15) is 9.59 Å². The first-order valence-corrected chi connectivity index (χ1v) is 9.72. The summed E-state index contributed by atoms with van der Waals surface area (Å²) in [4.78, 5) is 29.7. The molecule has 0 N–H and O–H groups in total. The summed E-state index contributed by atoms with van der Waals surface area (Å²) in [5.74, 6) is 0.568. The fourth-order valence-electron chi connectivity index (χ4n) is 3.43. The predicted octanol–water partition coefficient (Wildman–Crippen LogP) is 4.34. The molecule has 2 aromatic carbocycles. The van der Waals surface area contributed by atoms with Gasteiger partial charge in [0.1, 0.15) is 11.5 Å². The fourth-order valence-corrected chi connectivity index (χ4v) is 3.43. The number of ketones is 1. The Labute approximate surface area is 176 Å². The number of rotatable bonds is 7. The highest BCUT2D eigenvalue weighted by Gasteiger charge is 2.28. The molecule has 6 nitrogen and oxygen atoms in total. The fraction of sp³-hybridized carbons (Fsp3) is 0.292. The van der Waals surface area contributed by atoms with Gasteiger partial charge in [0.15, 0.2) is 0 Å². The molecule has 6 heteroatoms. The van der Waals surface area contributed by atoms with E-state index in [0.717, 1.165) is 16.9 Å². The van der Waals surface area contributed by atoms with Crippen LogP contribution in [0.2, 0.25) is 0 Å². The van der Waals surface area contributed by atoms with Crippen molar-refractivity contribution in [1.82, 2.24) is 0 Å². The minimum absolute atomic E-state index is 0.112. The third kappa shape index (κ3) is 4.95. The molecular weight excluding hydrogens is 382 g/mol. The predicted molar refractivity (Wildman–Crippen MR) is 115 cm³/mol. The number of hydrogen-bond acceptors (Lipinski definition) is 6. The molecule has 1 unspecified atom stereocenters. The lowest BCUT2D eigenvalue weighted by Gasteiger charge is -2.16. The minimum Gasteiger partial charge on any atom is -0.497 e. The molecule has 2 aromatic rings. The molecule has 0 spiro atoms. The summed E-state index contributed by atoms with van der Waals surface area (Å²) in [7, 11) is 4.55. The quantitative estimate of drug-likeness (QED) is 0.504. The number of esters is 1. The third-order valence-electron chi connectivity index (χ3n) is 5.19. The van der Waals surface area contributed by atoms with Crippen LogP contribution in [0.1, 0.15) is 35.2 Å². The molecule has 1 aliphatic heterocycles. The van der Waals surface area contributed by atoms with E-state index in [1.807, 2.05) is 24.3 Å². The lowest BCUT2D eigenvalue weighted by molar-refractivity contribution is -0.141. The first-order valence-electron chi connectivity index (χ1n) is 9.72. The maximum atomic E-state index is 13.2. The third-order valence-corrected chi connectivity index (χ3v) is 5.19. The molecule has 0 saturated heterocycles. The Bertz CT molecular complexity index is 958. The smallest absolute Gasteiger partial charge is 0.306 e. The van der Waals surface area contributed by atoms with Crippen molar-refractivity contribution in [2.75, 3.05) is 21.3 Å². The van der Waals surface area contributed by atoms with Crippen LogP contribution in [0.25, 0.3) is 5.57 Å². The maximum Gasteiger partial charge on any atom is 0.306 e. The monoisotopic (exact) mass is 407 g/mol. The molecule has 0 aromatic heterocycles. The van der Waals surface area contributed by atoms with Crippen molar-refractivity contribution in [1.29, 1.82) is 0 Å². The zero-order chi connectivity index (χ0) is 21.5. The second-order valence-electron chi connectivity index (χ2n) is 6.97. The molecule has 156 valence electrons. The number of benzene rings is 2. The normalized spacial score (nSPS) is 16.0. The highest BCUT2D eigenvalue weighted by Crippen LogP contribution is 2.30. The number of nitrogens with zero attached hydrogens (tertiary/aromatic N) is 1. The van der Waals surface area contributed by atoms with Gasteiger partial charge in [0.2, 0.25) is 5.78 Å². The van der Waals surface area contributed by atoms with Gasteiger partial charge in [-0.15, -0.1) is 0 Å². The average molecular weight is 407 g/mol. The largest absolute Gasteiger partial charge is 0.497 e. The van der Waals surface area contributed by atoms with E-state index in [4.69, 9.17) is 14.2 Å². The van der Waals surface area contributed by atoms with E-state index in [2.05, 4.69) is 4.99 Å². The molecular formula is C24H25NO5. The molecule has 1 heterocycles. The summed E-state index contributed by atoms with van der Waals surface area (Å²) in [6.07, 6.45) is 3.15. The topological polar surface area (TPSA) is 74.2 Å². The molecule has 0 fully saturated rings. The average Bonchev–Trinajstić information content (AvgIpc) is 3.01. The van der Waals surface area contributed by atoms with Crippen molar-refractivity contribution < 1.29 is 23.8 Å². The summed E-state index contributed by atoms with van der Waals surface area (Å²) in [6, 6.07) is 14.6. The Balaban J connectivity index is 1.92. The summed E-state index contributed by atoms with van der Waals surface area (Å²) in [6.45, 7) is 0. The Kier molecular flexibility index (Phi) is 7.01. The van der Waals surface area contributed by atoms with Gasteiger partial charge >= 0.3 is 5.97 Å². The van der Waals surface area contributed by atoms with E-state index in [1.54, 1.807) is 44.7 Å². The van der Waals surface area contributed by atoms with Crippen molar-refractivity contribution >= 4 is 23.0 Å². The number of methoxy groups -OCH3 is 3. The summed E-state index contributed by atoms with van der Waals surface area (Å²) in [5, 5.41) is 0. The van der Waals surface area contributed by atoms with Crippen LogP contribution in [-0.2, 0) is 9.53 Å². The van der Waals surface area contributed by atoms with E-state index in [1.165, 1.54) is 7.11 Å². The van der Waals surface area contributed by atoms with Crippen LogP contribution < -0.4 is 9.47 Å². The molecule has 0 bridgehead atoms. The van der Waals surface area contributed by atoms with Gasteiger partial charge in [-0.2, -0.15) is 0 Å². The van der Waals surface area contributed by atoms with Gasteiger partial charge in [0, 0.05) is 17.7 Å². The first kappa shape index (κ1) is 21.3. The van der Waals surface area contributed by atoms with Crippen LogP contribution in [0.15, 0.2) is 59.7 Å². The standard InChI is InChI=1S/C24H25NO5/c1-28-20-10-6-16(7-11-20)19-5-4-18(14-22(26)30-3)23(25-15-19)24(27)17-8-12-21(29-2)13-9-17/h6-13,15,18H,4-5,14H2,1-3H3. The van der Waals surface area contributed by atoms with Crippen LogP contribution in [0.4, 0.5) is 0 Å². The summed E-state index contributed by atoms with van der Waals surface area (Å²) < 4.78 is 15.2. The van der Waals surface area contributed by atoms with Crippen molar-refractivity contribution in [3.63, 3.8) is 0 Å². The zero-order valence-corrected chi connectivity index (χ0v) is 17.4. The van der Waals surface area contributed by atoms with Crippen LogP contribution >= 0.6 is 0 Å². The minimum atomic E-state index is -0.358. The molecule has 0 aliphatic carbocycles. The Morgan fingerprint density at radius 1 is 0.933 bits per heavy atom. The molecule has 0 amide bonds. The number of carbonyl (C=O) groups is 2. The van der Waals surface area contributed by atoms with Gasteiger partial charge < -0.3 is 14.2 Å². The van der Waals surface area contributed by atoms with Crippen molar-refractivity contribution in [2.24, 2.45) is 10.9 Å². The van der Waals surface area contributed by atoms with E-state index >= 15 is 0 Å².